The summed E-state index contributed by atoms with van der Waals surface area (Å²) in [6.07, 6.45) is 6.04. The number of amides is 2. The van der Waals surface area contributed by atoms with Crippen molar-refractivity contribution in [3.05, 3.63) is 35.8 Å². The van der Waals surface area contributed by atoms with E-state index in [2.05, 4.69) is 15.2 Å². The molecule has 4 heterocycles. The zero-order valence-electron chi connectivity index (χ0n) is 15.4. The van der Waals surface area contributed by atoms with Crippen molar-refractivity contribution in [3.63, 3.8) is 0 Å². The van der Waals surface area contributed by atoms with Crippen molar-refractivity contribution >= 4 is 17.5 Å². The van der Waals surface area contributed by atoms with E-state index in [4.69, 9.17) is 0 Å². The monoisotopic (exact) mass is 355 g/mol. The molecule has 0 aromatic carbocycles. The molecule has 2 amide bonds. The predicted molar refractivity (Wildman–Crippen MR) is 98.1 cm³/mol. The summed E-state index contributed by atoms with van der Waals surface area (Å²) in [7, 11) is 2.02. The molecule has 0 aliphatic carbocycles. The van der Waals surface area contributed by atoms with Crippen molar-refractivity contribution < 1.29 is 9.59 Å². The van der Waals surface area contributed by atoms with E-state index >= 15 is 0 Å². The summed E-state index contributed by atoms with van der Waals surface area (Å²) in [6, 6.07) is 3.91. The SMILES string of the molecule is Cc1ccc2nc(C(=O)N3CCC4(CC3)C(=O)NCCCN4C)cn2c1. The van der Waals surface area contributed by atoms with Crippen molar-refractivity contribution in [2.24, 2.45) is 0 Å². The number of nitrogens with one attached hydrogen (secondary N) is 1. The van der Waals surface area contributed by atoms with Gasteiger partial charge in [0.1, 0.15) is 16.9 Å². The Hall–Kier alpha value is -2.41. The van der Waals surface area contributed by atoms with Gasteiger partial charge in [0.2, 0.25) is 5.91 Å². The number of piperidine rings is 1. The van der Waals surface area contributed by atoms with Crippen LogP contribution in [0.5, 0.6) is 0 Å². The fourth-order valence-corrected chi connectivity index (χ4v) is 4.13. The van der Waals surface area contributed by atoms with E-state index < -0.39 is 5.54 Å². The molecule has 2 aliphatic heterocycles. The lowest BCUT2D eigenvalue weighted by molar-refractivity contribution is -0.134. The van der Waals surface area contributed by atoms with Gasteiger partial charge in [0, 0.05) is 38.6 Å². The van der Waals surface area contributed by atoms with E-state index in [0.29, 0.717) is 31.6 Å². The molecular formula is C19H25N5O2. The highest BCUT2D eigenvalue weighted by Gasteiger charge is 2.46. The third-order valence-corrected chi connectivity index (χ3v) is 5.81. The topological polar surface area (TPSA) is 70.0 Å². The largest absolute Gasteiger partial charge is 0.354 e. The van der Waals surface area contributed by atoms with E-state index in [1.807, 2.05) is 41.6 Å². The number of likely N-dealkylation sites (N-methyl/N-ethyl adjacent to an activating group) is 1. The number of aromatic nitrogens is 2. The summed E-state index contributed by atoms with van der Waals surface area (Å²) >= 11 is 0. The van der Waals surface area contributed by atoms with Crippen LogP contribution in [0.25, 0.3) is 5.65 Å². The van der Waals surface area contributed by atoms with Crippen molar-refractivity contribution in [2.75, 3.05) is 33.2 Å². The lowest BCUT2D eigenvalue weighted by atomic mass is 9.85. The Labute approximate surface area is 153 Å². The van der Waals surface area contributed by atoms with Gasteiger partial charge in [-0.3, -0.25) is 14.5 Å². The summed E-state index contributed by atoms with van der Waals surface area (Å²) in [5, 5.41) is 3.03. The molecule has 4 rings (SSSR count). The van der Waals surface area contributed by atoms with Crippen molar-refractivity contribution in [1.29, 1.82) is 0 Å². The Bertz CT molecular complexity index is 851. The number of aryl methyl sites for hydroxylation is 1. The van der Waals surface area contributed by atoms with Gasteiger partial charge in [-0.05, 0) is 44.9 Å². The molecule has 2 saturated heterocycles. The Morgan fingerprint density at radius 3 is 2.73 bits per heavy atom. The quantitative estimate of drug-likeness (QED) is 0.831. The number of likely N-dealkylation sites (tertiary alicyclic amines) is 1. The Balaban J connectivity index is 1.51. The molecule has 0 unspecified atom stereocenters. The van der Waals surface area contributed by atoms with Gasteiger partial charge in [0.05, 0.1) is 0 Å². The van der Waals surface area contributed by atoms with E-state index in [1.165, 1.54) is 0 Å². The molecule has 0 radical (unpaired) electrons. The highest BCUT2D eigenvalue weighted by Crippen LogP contribution is 2.30. The third-order valence-electron chi connectivity index (χ3n) is 5.81. The van der Waals surface area contributed by atoms with Gasteiger partial charge in [-0.25, -0.2) is 4.98 Å². The molecule has 1 spiro atoms. The first-order chi connectivity index (χ1) is 12.5. The van der Waals surface area contributed by atoms with E-state index in [1.54, 1.807) is 6.20 Å². The predicted octanol–water partition coefficient (Wildman–Crippen LogP) is 1.07. The van der Waals surface area contributed by atoms with Crippen molar-refractivity contribution in [1.82, 2.24) is 24.5 Å². The first-order valence-corrected chi connectivity index (χ1v) is 9.24. The van der Waals surface area contributed by atoms with Gasteiger partial charge < -0.3 is 14.6 Å². The van der Waals surface area contributed by atoms with Gasteiger partial charge >= 0.3 is 0 Å². The maximum Gasteiger partial charge on any atom is 0.274 e. The number of hydrogen-bond acceptors (Lipinski definition) is 4. The molecule has 0 saturated carbocycles. The number of rotatable bonds is 1. The summed E-state index contributed by atoms with van der Waals surface area (Å²) in [6.45, 7) is 4.79. The molecule has 0 atom stereocenters. The molecule has 7 nitrogen and oxygen atoms in total. The summed E-state index contributed by atoms with van der Waals surface area (Å²) < 4.78 is 1.89. The minimum Gasteiger partial charge on any atom is -0.354 e. The summed E-state index contributed by atoms with van der Waals surface area (Å²) in [5.41, 5.74) is 1.88. The minimum atomic E-state index is -0.483. The average molecular weight is 355 g/mol. The molecule has 2 aromatic rings. The number of carbonyl (C=O) groups excluding carboxylic acids is 2. The number of carbonyl (C=O) groups is 2. The standard InChI is InChI=1S/C19H25N5O2/c1-14-4-5-16-21-15(13-24(16)12-14)17(25)23-10-6-19(7-11-23)18(26)20-8-3-9-22(19)2/h4-5,12-13H,3,6-11H2,1-2H3,(H,20,26). The molecular weight excluding hydrogens is 330 g/mol. The van der Waals surface area contributed by atoms with Crippen molar-refractivity contribution in [3.8, 4) is 0 Å². The molecule has 7 heteroatoms. The first-order valence-electron chi connectivity index (χ1n) is 9.24. The second-order valence-corrected chi connectivity index (χ2v) is 7.45. The fraction of sp³-hybridized carbons (Fsp3) is 0.526. The van der Waals surface area contributed by atoms with Gasteiger partial charge in [0.15, 0.2) is 0 Å². The van der Waals surface area contributed by atoms with Crippen LogP contribution in [0.4, 0.5) is 0 Å². The van der Waals surface area contributed by atoms with Crippen LogP contribution in [-0.4, -0.2) is 69.8 Å². The van der Waals surface area contributed by atoms with Gasteiger partial charge in [0.25, 0.3) is 5.91 Å². The highest BCUT2D eigenvalue weighted by molar-refractivity contribution is 5.93. The highest BCUT2D eigenvalue weighted by atomic mass is 16.2. The van der Waals surface area contributed by atoms with Crippen molar-refractivity contribution in [2.45, 2.75) is 31.7 Å². The van der Waals surface area contributed by atoms with Crippen LogP contribution in [0.1, 0.15) is 35.3 Å². The fourth-order valence-electron chi connectivity index (χ4n) is 4.13. The van der Waals surface area contributed by atoms with Crippen LogP contribution in [0.2, 0.25) is 0 Å². The second kappa shape index (κ2) is 6.39. The van der Waals surface area contributed by atoms with Gasteiger partial charge in [-0.1, -0.05) is 6.07 Å². The molecule has 138 valence electrons. The van der Waals surface area contributed by atoms with Gasteiger partial charge in [-0.15, -0.1) is 0 Å². The summed E-state index contributed by atoms with van der Waals surface area (Å²) in [4.78, 5) is 34.0. The van der Waals surface area contributed by atoms with Crippen LogP contribution >= 0.6 is 0 Å². The molecule has 1 N–H and O–H groups in total. The van der Waals surface area contributed by atoms with Crippen LogP contribution in [-0.2, 0) is 4.79 Å². The first kappa shape index (κ1) is 17.0. The minimum absolute atomic E-state index is 0.0575. The number of pyridine rings is 1. The van der Waals surface area contributed by atoms with E-state index in [-0.39, 0.29) is 11.8 Å². The smallest absolute Gasteiger partial charge is 0.274 e. The molecule has 2 aromatic heterocycles. The van der Waals surface area contributed by atoms with Crippen LogP contribution in [0.3, 0.4) is 0 Å². The van der Waals surface area contributed by atoms with Gasteiger partial charge in [-0.2, -0.15) is 0 Å². The molecule has 2 fully saturated rings. The maximum atomic E-state index is 12.9. The zero-order valence-corrected chi connectivity index (χ0v) is 15.4. The lowest BCUT2D eigenvalue weighted by Crippen LogP contribution is -2.61. The summed E-state index contributed by atoms with van der Waals surface area (Å²) in [5.74, 6) is 0.0469. The lowest BCUT2D eigenvalue weighted by Gasteiger charge is -2.44. The Kier molecular flexibility index (Phi) is 4.19. The van der Waals surface area contributed by atoms with Crippen LogP contribution in [0.15, 0.2) is 24.5 Å². The number of fused-ring (bicyclic) bond motifs is 1. The van der Waals surface area contributed by atoms with Crippen LogP contribution < -0.4 is 5.32 Å². The molecule has 0 bridgehead atoms. The average Bonchev–Trinajstić information content (AvgIpc) is 3.01. The van der Waals surface area contributed by atoms with E-state index in [0.717, 1.165) is 30.7 Å². The second-order valence-electron chi connectivity index (χ2n) is 7.45. The normalized spacial score (nSPS) is 21.0. The number of hydrogen-bond donors (Lipinski definition) is 1. The molecule has 2 aliphatic rings. The van der Waals surface area contributed by atoms with Crippen LogP contribution in [0, 0.1) is 6.92 Å². The van der Waals surface area contributed by atoms with E-state index in [9.17, 15) is 9.59 Å². The number of imidazole rings is 1. The maximum absolute atomic E-state index is 12.9. The Morgan fingerprint density at radius 1 is 1.19 bits per heavy atom. The molecule has 26 heavy (non-hydrogen) atoms. The Morgan fingerprint density at radius 2 is 1.96 bits per heavy atom. The third kappa shape index (κ3) is 2.76. The zero-order chi connectivity index (χ0) is 18.3. The number of nitrogens with zero attached hydrogens (tertiary/aromatic N) is 4.